The van der Waals surface area contributed by atoms with Crippen LogP contribution in [0.25, 0.3) is 0 Å². The molecule has 0 rings (SSSR count). The number of carbonyl (C=O) groups is 1. The Labute approximate surface area is 66.5 Å². The third kappa shape index (κ3) is 2.94. The standard InChI is InChI=1S/C6H15N3O2/c1-5(10)9(11)6(7-2)8(3)4/h6-7,9H,1-4H3. The van der Waals surface area contributed by atoms with E-state index in [-0.39, 0.29) is 0 Å². The fraction of sp³-hybridized carbons (Fsp3) is 0.833. The van der Waals surface area contributed by atoms with E-state index in [1.165, 1.54) is 6.92 Å². The molecule has 1 amide bonds. The maximum atomic E-state index is 11.1. The number of hydrogen-bond donors (Lipinski definition) is 2. The van der Waals surface area contributed by atoms with Gasteiger partial charge >= 0.3 is 5.91 Å². The number of hydroxylamine groups is 2. The van der Waals surface area contributed by atoms with Crippen LogP contribution < -0.4 is 10.4 Å². The molecule has 0 radical (unpaired) electrons. The van der Waals surface area contributed by atoms with Crippen LogP contribution in [0, 0.1) is 5.21 Å². The Morgan fingerprint density at radius 1 is 1.64 bits per heavy atom. The highest BCUT2D eigenvalue weighted by Crippen LogP contribution is 1.74. The summed E-state index contributed by atoms with van der Waals surface area (Å²) in [6, 6.07) is 0. The molecule has 0 fully saturated rings. The van der Waals surface area contributed by atoms with Crippen molar-refractivity contribution in [1.29, 1.82) is 0 Å². The highest BCUT2D eigenvalue weighted by atomic mass is 16.5. The van der Waals surface area contributed by atoms with Crippen molar-refractivity contribution in [3.8, 4) is 0 Å². The first-order valence-corrected chi connectivity index (χ1v) is 3.39. The molecule has 66 valence electrons. The number of hydrogen-bond acceptors (Lipinski definition) is 4. The summed E-state index contributed by atoms with van der Waals surface area (Å²) in [5, 5.41) is 13.4. The van der Waals surface area contributed by atoms with E-state index in [4.69, 9.17) is 0 Å². The van der Waals surface area contributed by atoms with E-state index in [0.717, 1.165) is 0 Å². The Kier molecular flexibility index (Phi) is 4.20. The summed E-state index contributed by atoms with van der Waals surface area (Å²) < 4.78 is 0. The van der Waals surface area contributed by atoms with E-state index in [2.05, 4.69) is 5.32 Å². The quantitative estimate of drug-likeness (QED) is 0.370. The van der Waals surface area contributed by atoms with Crippen molar-refractivity contribution in [2.24, 2.45) is 0 Å². The van der Waals surface area contributed by atoms with Gasteiger partial charge in [-0.1, -0.05) is 0 Å². The SMILES string of the molecule is CNC(N(C)C)[NH+]([O-])C(C)=O. The molecule has 0 aliphatic carbocycles. The zero-order chi connectivity index (χ0) is 9.02. The van der Waals surface area contributed by atoms with E-state index in [0.29, 0.717) is 0 Å². The van der Waals surface area contributed by atoms with Crippen molar-refractivity contribution in [3.05, 3.63) is 5.21 Å². The Balaban J connectivity index is 4.13. The van der Waals surface area contributed by atoms with E-state index in [9.17, 15) is 10.0 Å². The summed E-state index contributed by atoms with van der Waals surface area (Å²) in [7, 11) is 5.12. The maximum Gasteiger partial charge on any atom is 0.311 e. The first-order valence-electron chi connectivity index (χ1n) is 3.39. The van der Waals surface area contributed by atoms with Crippen LogP contribution in [-0.4, -0.2) is 38.2 Å². The number of quaternary nitrogens is 1. The van der Waals surface area contributed by atoms with E-state index < -0.39 is 17.3 Å². The molecule has 0 heterocycles. The van der Waals surface area contributed by atoms with Crippen LogP contribution in [-0.2, 0) is 4.79 Å². The summed E-state index contributed by atoms with van der Waals surface area (Å²) in [5.74, 6) is -0.418. The predicted octanol–water partition coefficient (Wildman–Crippen LogP) is -2.02. The van der Waals surface area contributed by atoms with Gasteiger partial charge in [0.05, 0.1) is 6.92 Å². The normalized spacial score (nSPS) is 16.5. The number of rotatable bonds is 3. The smallest absolute Gasteiger partial charge is 0.311 e. The summed E-state index contributed by atoms with van der Waals surface area (Å²) in [5.41, 5.74) is 0. The first-order chi connectivity index (χ1) is 5.00. The van der Waals surface area contributed by atoms with Crippen molar-refractivity contribution in [2.75, 3.05) is 21.1 Å². The average Bonchev–Trinajstić information content (AvgIpc) is 1.88. The molecular weight excluding hydrogens is 146 g/mol. The van der Waals surface area contributed by atoms with Gasteiger partial charge in [-0.15, -0.1) is 0 Å². The van der Waals surface area contributed by atoms with Crippen LogP contribution in [0.4, 0.5) is 0 Å². The second-order valence-corrected chi connectivity index (χ2v) is 2.58. The highest BCUT2D eigenvalue weighted by Gasteiger charge is 2.18. The minimum Gasteiger partial charge on any atom is -0.625 e. The number of amides is 1. The molecule has 0 saturated heterocycles. The molecule has 0 aromatic carbocycles. The fourth-order valence-corrected chi connectivity index (χ4v) is 0.816. The Hall–Kier alpha value is -0.490. The number of carbonyl (C=O) groups excluding carboxylic acids is 1. The number of nitrogens with zero attached hydrogens (tertiary/aromatic N) is 1. The zero-order valence-electron chi connectivity index (χ0n) is 7.34. The average molecular weight is 161 g/mol. The lowest BCUT2D eigenvalue weighted by atomic mass is 10.6. The van der Waals surface area contributed by atoms with Crippen molar-refractivity contribution in [3.63, 3.8) is 0 Å². The van der Waals surface area contributed by atoms with Gasteiger partial charge in [-0.25, -0.2) is 9.69 Å². The molecule has 2 unspecified atom stereocenters. The largest absolute Gasteiger partial charge is 0.625 e. The molecule has 5 heteroatoms. The van der Waals surface area contributed by atoms with Crippen molar-refractivity contribution >= 4 is 5.91 Å². The second kappa shape index (κ2) is 4.40. The molecule has 0 aliphatic heterocycles. The van der Waals surface area contributed by atoms with Gasteiger partial charge in [-0.2, -0.15) is 0 Å². The van der Waals surface area contributed by atoms with Gasteiger partial charge in [0.1, 0.15) is 0 Å². The summed E-state index contributed by atoms with van der Waals surface area (Å²) in [4.78, 5) is 12.3. The molecule has 0 saturated carbocycles. The van der Waals surface area contributed by atoms with Gasteiger partial charge in [0.2, 0.25) is 6.29 Å². The number of nitrogens with one attached hydrogen (secondary N) is 2. The minimum atomic E-state index is -0.493. The summed E-state index contributed by atoms with van der Waals surface area (Å²) in [6.45, 7) is 1.27. The van der Waals surface area contributed by atoms with E-state index >= 15 is 0 Å². The van der Waals surface area contributed by atoms with E-state index in [1.54, 1.807) is 26.0 Å². The lowest BCUT2D eigenvalue weighted by Gasteiger charge is -2.31. The molecule has 0 aromatic heterocycles. The van der Waals surface area contributed by atoms with Crippen LogP contribution in [0.3, 0.4) is 0 Å². The van der Waals surface area contributed by atoms with Crippen LogP contribution in [0.1, 0.15) is 6.92 Å². The first kappa shape index (κ1) is 10.5. The molecular formula is C6H15N3O2. The highest BCUT2D eigenvalue weighted by molar-refractivity contribution is 5.63. The Morgan fingerprint density at radius 3 is 2.18 bits per heavy atom. The lowest BCUT2D eigenvalue weighted by Crippen LogP contribution is -3.17. The molecule has 2 atom stereocenters. The summed E-state index contributed by atoms with van der Waals surface area (Å²) >= 11 is 0. The maximum absolute atomic E-state index is 11.1. The molecule has 5 nitrogen and oxygen atoms in total. The third-order valence-corrected chi connectivity index (χ3v) is 1.39. The fourth-order valence-electron chi connectivity index (χ4n) is 0.816. The van der Waals surface area contributed by atoms with Gasteiger partial charge in [0.25, 0.3) is 0 Å². The molecule has 0 spiro atoms. The Morgan fingerprint density at radius 2 is 2.09 bits per heavy atom. The monoisotopic (exact) mass is 161 g/mol. The predicted molar refractivity (Wildman–Crippen MR) is 41.5 cm³/mol. The van der Waals surface area contributed by atoms with Gasteiger partial charge < -0.3 is 5.21 Å². The summed E-state index contributed by atoms with van der Waals surface area (Å²) in [6.07, 6.45) is -0.493. The van der Waals surface area contributed by atoms with Crippen LogP contribution in [0.15, 0.2) is 0 Å². The van der Waals surface area contributed by atoms with Crippen molar-refractivity contribution < 1.29 is 9.86 Å². The lowest BCUT2D eigenvalue weighted by molar-refractivity contribution is -0.813. The molecule has 0 aliphatic rings. The molecule has 0 bridgehead atoms. The van der Waals surface area contributed by atoms with Crippen molar-refractivity contribution in [2.45, 2.75) is 13.2 Å². The topological polar surface area (TPSA) is 59.8 Å². The van der Waals surface area contributed by atoms with Crippen molar-refractivity contribution in [1.82, 2.24) is 10.2 Å². The van der Waals surface area contributed by atoms with E-state index in [1.807, 2.05) is 0 Å². The minimum absolute atomic E-state index is 0.405. The third-order valence-electron chi connectivity index (χ3n) is 1.39. The zero-order valence-corrected chi connectivity index (χ0v) is 7.34. The van der Waals surface area contributed by atoms with Gasteiger partial charge in [0, 0.05) is 0 Å². The van der Waals surface area contributed by atoms with Gasteiger partial charge in [-0.05, 0) is 21.1 Å². The second-order valence-electron chi connectivity index (χ2n) is 2.58. The molecule has 2 N–H and O–H groups in total. The Bertz CT molecular complexity index is 138. The van der Waals surface area contributed by atoms with Crippen LogP contribution in [0.5, 0.6) is 0 Å². The van der Waals surface area contributed by atoms with Crippen LogP contribution in [0.2, 0.25) is 0 Å². The van der Waals surface area contributed by atoms with Gasteiger partial charge in [0.15, 0.2) is 0 Å². The van der Waals surface area contributed by atoms with Gasteiger partial charge in [-0.3, -0.25) is 10.4 Å². The molecule has 11 heavy (non-hydrogen) atoms. The van der Waals surface area contributed by atoms with Crippen LogP contribution >= 0.6 is 0 Å². The molecule has 0 aromatic rings.